The molecule has 2 atom stereocenters. The van der Waals surface area contributed by atoms with Crippen LogP contribution in [0.3, 0.4) is 0 Å². The van der Waals surface area contributed by atoms with Crippen molar-refractivity contribution < 1.29 is 14.3 Å². The van der Waals surface area contributed by atoms with Crippen molar-refractivity contribution in [3.63, 3.8) is 0 Å². The Morgan fingerprint density at radius 1 is 1.07 bits per heavy atom. The fraction of sp³-hybridized carbons (Fsp3) is 0.353. The number of hydrogen-bond donors (Lipinski definition) is 4. The minimum atomic E-state index is -0.825. The molecule has 5 N–H and O–H groups in total. The third-order valence-electron chi connectivity index (χ3n) is 8.54. The molecule has 0 aliphatic carbocycles. The van der Waals surface area contributed by atoms with Gasteiger partial charge in [-0.2, -0.15) is 0 Å². The summed E-state index contributed by atoms with van der Waals surface area (Å²) in [6.07, 6.45) is 4.38. The second-order valence-corrected chi connectivity index (χ2v) is 11.2. The van der Waals surface area contributed by atoms with E-state index in [-0.39, 0.29) is 17.9 Å². The molecule has 1 saturated heterocycles. The summed E-state index contributed by atoms with van der Waals surface area (Å²) >= 11 is 0. The van der Waals surface area contributed by atoms with E-state index < -0.39 is 6.04 Å². The lowest BCUT2D eigenvalue weighted by atomic mass is 9.87. The number of H-pyrrole nitrogens is 1. The molecule has 0 saturated carbocycles. The van der Waals surface area contributed by atoms with Crippen LogP contribution in [0.25, 0.3) is 10.9 Å². The van der Waals surface area contributed by atoms with E-state index in [1.165, 1.54) is 11.1 Å². The van der Waals surface area contributed by atoms with Crippen LogP contribution in [0.1, 0.15) is 53.9 Å². The zero-order valence-corrected chi connectivity index (χ0v) is 24.7. The predicted molar refractivity (Wildman–Crippen MR) is 168 cm³/mol. The second kappa shape index (κ2) is 13.1. The predicted octanol–water partition coefficient (Wildman–Crippen LogP) is 5.69. The number of benzene rings is 3. The number of aromatic amines is 1. The molecule has 8 nitrogen and oxygen atoms in total. The summed E-state index contributed by atoms with van der Waals surface area (Å²) < 4.78 is 5.53. The summed E-state index contributed by atoms with van der Waals surface area (Å²) in [6, 6.07) is 21.1. The number of carbonyl (C=O) groups excluding carboxylic acids is 2. The van der Waals surface area contributed by atoms with Crippen LogP contribution in [0.15, 0.2) is 72.9 Å². The van der Waals surface area contributed by atoms with E-state index in [1.54, 1.807) is 7.11 Å². The highest BCUT2D eigenvalue weighted by molar-refractivity contribution is 5.99. The fourth-order valence-corrected chi connectivity index (χ4v) is 6.12. The van der Waals surface area contributed by atoms with Crippen molar-refractivity contribution in [1.29, 1.82) is 0 Å². The quantitative estimate of drug-likeness (QED) is 0.208. The van der Waals surface area contributed by atoms with Crippen molar-refractivity contribution in [1.82, 2.24) is 15.2 Å². The Kier molecular flexibility index (Phi) is 9.12. The number of urea groups is 1. The lowest BCUT2D eigenvalue weighted by molar-refractivity contribution is -0.118. The van der Waals surface area contributed by atoms with Crippen molar-refractivity contribution in [2.75, 3.05) is 32.1 Å². The van der Waals surface area contributed by atoms with Crippen molar-refractivity contribution in [2.24, 2.45) is 5.73 Å². The number of likely N-dealkylation sites (tertiary alicyclic amines) is 1. The van der Waals surface area contributed by atoms with E-state index in [4.69, 9.17) is 10.5 Å². The van der Waals surface area contributed by atoms with Gasteiger partial charge in [-0.3, -0.25) is 4.79 Å². The van der Waals surface area contributed by atoms with E-state index in [2.05, 4.69) is 46.8 Å². The molecule has 1 aromatic heterocycles. The largest absolute Gasteiger partial charge is 0.495 e. The normalized spacial score (nSPS) is 15.3. The molecule has 4 aromatic rings. The topological polar surface area (TPSA) is 112 Å². The fourth-order valence-electron chi connectivity index (χ4n) is 6.12. The lowest BCUT2D eigenvalue weighted by Gasteiger charge is -2.34. The number of aromatic nitrogens is 1. The van der Waals surface area contributed by atoms with Crippen molar-refractivity contribution in [2.45, 2.75) is 51.0 Å². The maximum atomic E-state index is 14.0. The number of amides is 3. The van der Waals surface area contributed by atoms with E-state index in [1.807, 2.05) is 60.5 Å². The first kappa shape index (κ1) is 29.2. The smallest absolute Gasteiger partial charge is 0.318 e. The number of anilines is 1. The third kappa shape index (κ3) is 6.29. The summed E-state index contributed by atoms with van der Waals surface area (Å²) in [5, 5.41) is 7.18. The van der Waals surface area contributed by atoms with Gasteiger partial charge in [0.05, 0.1) is 12.8 Å². The van der Waals surface area contributed by atoms with Crippen LogP contribution in [0.2, 0.25) is 0 Å². The van der Waals surface area contributed by atoms with Gasteiger partial charge in [0.2, 0.25) is 5.91 Å². The summed E-state index contributed by atoms with van der Waals surface area (Å²) in [6.45, 7) is 5.89. The van der Waals surface area contributed by atoms with Crippen LogP contribution in [0.4, 0.5) is 10.5 Å². The number of methoxy groups -OCH3 is 1. The molecule has 0 unspecified atom stereocenters. The first-order valence-electron chi connectivity index (χ1n) is 14.7. The number of ether oxygens (including phenoxy) is 1. The molecule has 2 heterocycles. The van der Waals surface area contributed by atoms with Gasteiger partial charge in [0.1, 0.15) is 11.8 Å². The number of hydrogen-bond acceptors (Lipinski definition) is 4. The Hall–Kier alpha value is -4.30. The Bertz CT molecular complexity index is 1540. The van der Waals surface area contributed by atoms with Crippen LogP contribution >= 0.6 is 0 Å². The maximum absolute atomic E-state index is 14.0. The molecule has 0 bridgehead atoms. The van der Waals surface area contributed by atoms with Gasteiger partial charge in [-0.25, -0.2) is 4.79 Å². The SMILES string of the molecule is COc1ccc(CCN)cc1NC(=O)[C@H](NC(=O)N1CCC(c2ccccc2C)CC1)[C@@H](C)c1c[nH]c2ccccc12. The number of aryl methyl sites for hydroxylation is 1. The minimum Gasteiger partial charge on any atom is -0.495 e. The van der Waals surface area contributed by atoms with E-state index >= 15 is 0 Å². The van der Waals surface area contributed by atoms with Gasteiger partial charge in [-0.05, 0) is 79.1 Å². The highest BCUT2D eigenvalue weighted by Gasteiger charge is 2.33. The number of fused-ring (bicyclic) bond motifs is 1. The molecule has 1 fully saturated rings. The first-order chi connectivity index (χ1) is 20.4. The van der Waals surface area contributed by atoms with Gasteiger partial charge in [-0.1, -0.05) is 55.5 Å². The second-order valence-electron chi connectivity index (χ2n) is 11.2. The molecule has 0 spiro atoms. The molecule has 220 valence electrons. The highest BCUT2D eigenvalue weighted by Crippen LogP contribution is 2.32. The number of nitrogens with two attached hydrogens (primary N) is 1. The van der Waals surface area contributed by atoms with Crippen molar-refractivity contribution in [3.05, 3.63) is 95.2 Å². The number of piperidine rings is 1. The number of rotatable bonds is 9. The summed E-state index contributed by atoms with van der Waals surface area (Å²) in [7, 11) is 1.57. The molecule has 42 heavy (non-hydrogen) atoms. The van der Waals surface area contributed by atoms with Gasteiger partial charge in [0, 0.05) is 36.1 Å². The molecular weight excluding hydrogens is 526 g/mol. The van der Waals surface area contributed by atoms with Crippen LogP contribution in [-0.4, -0.2) is 54.6 Å². The Morgan fingerprint density at radius 3 is 2.55 bits per heavy atom. The van der Waals surface area contributed by atoms with Gasteiger partial charge in [-0.15, -0.1) is 0 Å². The summed E-state index contributed by atoms with van der Waals surface area (Å²) in [4.78, 5) is 32.8. The van der Waals surface area contributed by atoms with Crippen LogP contribution in [-0.2, 0) is 11.2 Å². The molecule has 1 aliphatic rings. The molecule has 3 aromatic carbocycles. The number of nitrogens with zero attached hydrogens (tertiary/aromatic N) is 1. The molecule has 1 aliphatic heterocycles. The van der Waals surface area contributed by atoms with Crippen LogP contribution in [0, 0.1) is 6.92 Å². The first-order valence-corrected chi connectivity index (χ1v) is 14.7. The number of nitrogens with one attached hydrogen (secondary N) is 3. The highest BCUT2D eigenvalue weighted by atomic mass is 16.5. The molecular formula is C34H41N5O3. The average molecular weight is 568 g/mol. The molecule has 8 heteroatoms. The van der Waals surface area contributed by atoms with Gasteiger partial charge in [0.25, 0.3) is 0 Å². The van der Waals surface area contributed by atoms with E-state index in [9.17, 15) is 9.59 Å². The Labute approximate surface area is 247 Å². The van der Waals surface area contributed by atoms with Crippen LogP contribution in [0.5, 0.6) is 5.75 Å². The van der Waals surface area contributed by atoms with Gasteiger partial charge >= 0.3 is 6.03 Å². The number of carbonyl (C=O) groups is 2. The zero-order valence-electron chi connectivity index (χ0n) is 24.7. The molecule has 0 radical (unpaired) electrons. The van der Waals surface area contributed by atoms with Crippen molar-refractivity contribution in [3.8, 4) is 5.75 Å². The average Bonchev–Trinajstić information content (AvgIpc) is 3.44. The minimum absolute atomic E-state index is 0.228. The van der Waals surface area contributed by atoms with Crippen LogP contribution < -0.4 is 21.1 Å². The van der Waals surface area contributed by atoms with Gasteiger partial charge < -0.3 is 31.0 Å². The lowest BCUT2D eigenvalue weighted by Crippen LogP contribution is -2.53. The van der Waals surface area contributed by atoms with E-state index in [0.29, 0.717) is 43.4 Å². The molecule has 3 amide bonds. The summed E-state index contributed by atoms with van der Waals surface area (Å²) in [5.41, 5.74) is 11.9. The third-order valence-corrected chi connectivity index (χ3v) is 8.54. The standard InChI is InChI=1S/C34H41N5O3/c1-22-8-4-5-9-26(22)25-15-18-39(19-16-25)34(41)38-32(23(2)28-21-36-29-11-7-6-10-27(28)29)33(40)37-30-20-24(14-17-35)12-13-31(30)42-3/h4-13,20-21,23,25,32,36H,14-19,35H2,1-3H3,(H,37,40)(H,38,41)/t23-,32+/m0/s1. The zero-order chi connectivity index (χ0) is 29.6. The van der Waals surface area contributed by atoms with Gasteiger partial charge in [0.15, 0.2) is 0 Å². The van der Waals surface area contributed by atoms with Crippen molar-refractivity contribution >= 4 is 28.5 Å². The Morgan fingerprint density at radius 2 is 1.81 bits per heavy atom. The Balaban J connectivity index is 1.37. The maximum Gasteiger partial charge on any atom is 0.318 e. The molecule has 5 rings (SSSR count). The monoisotopic (exact) mass is 567 g/mol. The number of para-hydroxylation sites is 1. The summed E-state index contributed by atoms with van der Waals surface area (Å²) in [5.74, 6) is 0.354. The van der Waals surface area contributed by atoms with E-state index in [0.717, 1.165) is 34.9 Å².